The predicted molar refractivity (Wildman–Crippen MR) is 68.6 cm³/mol. The fourth-order valence-corrected chi connectivity index (χ4v) is 2.93. The minimum atomic E-state index is -0.638. The number of nitrogens with zero attached hydrogens (tertiary/aromatic N) is 1. The van der Waals surface area contributed by atoms with Gasteiger partial charge in [0.1, 0.15) is 5.54 Å². The molecule has 1 saturated heterocycles. The molecule has 98 valence electrons. The van der Waals surface area contributed by atoms with Crippen LogP contribution in [0.25, 0.3) is 0 Å². The van der Waals surface area contributed by atoms with Gasteiger partial charge in [0, 0.05) is 25.9 Å². The van der Waals surface area contributed by atoms with Crippen LogP contribution >= 0.6 is 0 Å². The second-order valence-electron chi connectivity index (χ2n) is 5.19. The maximum Gasteiger partial charge on any atom is 0.248 e. The number of nitrogens with one attached hydrogen (secondary N) is 1. The Hall–Kier alpha value is -1.50. The highest BCUT2D eigenvalue weighted by Gasteiger charge is 2.44. The van der Waals surface area contributed by atoms with Crippen LogP contribution in [0, 0.1) is 12.3 Å². The van der Waals surface area contributed by atoms with Crippen molar-refractivity contribution in [2.24, 2.45) is 0 Å². The van der Waals surface area contributed by atoms with Gasteiger partial charge in [-0.25, -0.2) is 0 Å². The van der Waals surface area contributed by atoms with Crippen LogP contribution in [0.5, 0.6) is 0 Å². The van der Waals surface area contributed by atoms with Gasteiger partial charge in [0.25, 0.3) is 0 Å². The molecule has 2 rings (SSSR count). The van der Waals surface area contributed by atoms with Crippen molar-refractivity contribution in [2.45, 2.75) is 50.5 Å². The average molecular weight is 248 g/mol. The van der Waals surface area contributed by atoms with E-state index in [4.69, 9.17) is 6.42 Å². The van der Waals surface area contributed by atoms with E-state index in [0.717, 1.165) is 32.1 Å². The van der Waals surface area contributed by atoms with Gasteiger partial charge in [-0.3, -0.25) is 9.59 Å². The van der Waals surface area contributed by atoms with Gasteiger partial charge in [0.2, 0.25) is 11.8 Å². The first-order valence-electron chi connectivity index (χ1n) is 6.72. The van der Waals surface area contributed by atoms with Crippen LogP contribution in [-0.2, 0) is 9.59 Å². The Morgan fingerprint density at radius 2 is 2.00 bits per heavy atom. The topological polar surface area (TPSA) is 49.4 Å². The lowest BCUT2D eigenvalue weighted by molar-refractivity contribution is -0.140. The van der Waals surface area contributed by atoms with Crippen molar-refractivity contribution in [3.8, 4) is 12.3 Å². The molecule has 4 nitrogen and oxygen atoms in total. The van der Waals surface area contributed by atoms with Crippen LogP contribution in [0.15, 0.2) is 0 Å². The van der Waals surface area contributed by atoms with Gasteiger partial charge in [-0.15, -0.1) is 12.3 Å². The summed E-state index contributed by atoms with van der Waals surface area (Å²) >= 11 is 0. The van der Waals surface area contributed by atoms with E-state index in [1.807, 2.05) is 0 Å². The second-order valence-corrected chi connectivity index (χ2v) is 5.19. The Balaban J connectivity index is 2.18. The minimum Gasteiger partial charge on any atom is -0.342 e. The van der Waals surface area contributed by atoms with Crippen LogP contribution in [-0.4, -0.2) is 35.3 Å². The zero-order chi connectivity index (χ0) is 13.0. The van der Waals surface area contributed by atoms with Crippen LogP contribution in [0.1, 0.15) is 44.9 Å². The smallest absolute Gasteiger partial charge is 0.248 e. The molecule has 1 aliphatic carbocycles. The number of terminal acetylenes is 1. The molecule has 1 aliphatic heterocycles. The van der Waals surface area contributed by atoms with E-state index >= 15 is 0 Å². The van der Waals surface area contributed by atoms with E-state index in [2.05, 4.69) is 11.2 Å². The Bertz CT molecular complexity index is 378. The van der Waals surface area contributed by atoms with Crippen molar-refractivity contribution in [1.82, 2.24) is 10.2 Å². The van der Waals surface area contributed by atoms with Crippen LogP contribution in [0.2, 0.25) is 0 Å². The molecule has 0 aromatic carbocycles. The third kappa shape index (κ3) is 2.50. The van der Waals surface area contributed by atoms with E-state index < -0.39 is 5.54 Å². The van der Waals surface area contributed by atoms with Gasteiger partial charge in [0.15, 0.2) is 0 Å². The molecule has 1 N–H and O–H groups in total. The largest absolute Gasteiger partial charge is 0.342 e. The lowest BCUT2D eigenvalue weighted by atomic mass is 9.80. The summed E-state index contributed by atoms with van der Waals surface area (Å²) < 4.78 is 0. The maximum absolute atomic E-state index is 12.6. The van der Waals surface area contributed by atoms with Crippen LogP contribution < -0.4 is 5.32 Å². The number of carbonyl (C=O) groups excluding carboxylic acids is 2. The summed E-state index contributed by atoms with van der Waals surface area (Å²) in [5.74, 6) is 2.63. The van der Waals surface area contributed by atoms with Crippen molar-refractivity contribution in [1.29, 1.82) is 0 Å². The molecule has 0 aromatic rings. The molecule has 1 saturated carbocycles. The third-order valence-electron chi connectivity index (χ3n) is 3.92. The Morgan fingerprint density at radius 1 is 1.28 bits per heavy atom. The lowest BCUT2D eigenvalue weighted by Gasteiger charge is -2.38. The summed E-state index contributed by atoms with van der Waals surface area (Å²) in [6.45, 7) is 1.06. The fourth-order valence-electron chi connectivity index (χ4n) is 2.93. The maximum atomic E-state index is 12.6. The normalized spacial score (nSPS) is 23.4. The molecule has 0 bridgehead atoms. The first kappa shape index (κ1) is 12.9. The fraction of sp³-hybridized carbons (Fsp3) is 0.714. The highest BCUT2D eigenvalue weighted by atomic mass is 16.2. The monoisotopic (exact) mass is 248 g/mol. The predicted octanol–water partition coefficient (Wildman–Crippen LogP) is 1.06. The third-order valence-corrected chi connectivity index (χ3v) is 3.92. The number of amides is 2. The van der Waals surface area contributed by atoms with Gasteiger partial charge in [-0.1, -0.05) is 19.3 Å². The van der Waals surface area contributed by atoms with Crippen LogP contribution in [0.4, 0.5) is 0 Å². The number of hydrogen-bond acceptors (Lipinski definition) is 2. The molecule has 0 atom stereocenters. The van der Waals surface area contributed by atoms with Gasteiger partial charge < -0.3 is 10.2 Å². The van der Waals surface area contributed by atoms with Crippen molar-refractivity contribution < 1.29 is 9.59 Å². The van der Waals surface area contributed by atoms with E-state index in [1.165, 1.54) is 0 Å². The van der Waals surface area contributed by atoms with Crippen molar-refractivity contribution in [2.75, 3.05) is 13.1 Å². The van der Waals surface area contributed by atoms with E-state index in [9.17, 15) is 9.59 Å². The van der Waals surface area contributed by atoms with Crippen molar-refractivity contribution in [3.05, 3.63) is 0 Å². The minimum absolute atomic E-state index is 0.00606. The van der Waals surface area contributed by atoms with Crippen molar-refractivity contribution in [3.63, 3.8) is 0 Å². The summed E-state index contributed by atoms with van der Waals surface area (Å²) in [6.07, 6.45) is 10.9. The Morgan fingerprint density at radius 3 is 2.67 bits per heavy atom. The Kier molecular flexibility index (Phi) is 3.90. The molecule has 2 amide bonds. The van der Waals surface area contributed by atoms with Gasteiger partial charge in [0.05, 0.1) is 0 Å². The van der Waals surface area contributed by atoms with Crippen molar-refractivity contribution >= 4 is 11.8 Å². The Labute approximate surface area is 108 Å². The van der Waals surface area contributed by atoms with Crippen LogP contribution in [0.3, 0.4) is 0 Å². The molecular weight excluding hydrogens is 228 g/mol. The molecule has 0 aromatic heterocycles. The quantitative estimate of drug-likeness (QED) is 0.743. The van der Waals surface area contributed by atoms with Gasteiger partial charge in [-0.05, 0) is 12.8 Å². The highest BCUT2D eigenvalue weighted by Crippen LogP contribution is 2.31. The summed E-state index contributed by atoms with van der Waals surface area (Å²) in [4.78, 5) is 26.2. The molecule has 2 fully saturated rings. The first-order valence-corrected chi connectivity index (χ1v) is 6.72. The SMILES string of the molecule is C#CCCN1CCC(=O)NC2(CCCCC2)C1=O. The standard InChI is InChI=1S/C14H20N2O2/c1-2-3-10-16-11-7-12(17)15-14(13(16)18)8-5-4-6-9-14/h1H,3-11H2,(H,15,17). The molecule has 0 radical (unpaired) electrons. The first-order chi connectivity index (χ1) is 8.68. The van der Waals surface area contributed by atoms with Gasteiger partial charge >= 0.3 is 0 Å². The zero-order valence-corrected chi connectivity index (χ0v) is 10.7. The molecule has 0 unspecified atom stereocenters. The highest BCUT2D eigenvalue weighted by molar-refractivity contribution is 5.93. The summed E-state index contributed by atoms with van der Waals surface area (Å²) in [7, 11) is 0. The molecule has 18 heavy (non-hydrogen) atoms. The average Bonchev–Trinajstić information content (AvgIpc) is 2.48. The number of hydrogen-bond donors (Lipinski definition) is 1. The molecule has 4 heteroatoms. The summed E-state index contributed by atoms with van der Waals surface area (Å²) in [5, 5.41) is 2.97. The van der Waals surface area contributed by atoms with E-state index in [1.54, 1.807) is 4.90 Å². The van der Waals surface area contributed by atoms with E-state index in [0.29, 0.717) is 25.9 Å². The molecule has 1 heterocycles. The van der Waals surface area contributed by atoms with E-state index in [-0.39, 0.29) is 11.8 Å². The summed E-state index contributed by atoms with van der Waals surface area (Å²) in [5.41, 5.74) is -0.638. The molecular formula is C14H20N2O2. The second kappa shape index (κ2) is 5.43. The lowest BCUT2D eigenvalue weighted by Crippen LogP contribution is -2.58. The number of carbonyl (C=O) groups is 2. The molecule has 2 aliphatic rings. The number of rotatable bonds is 2. The zero-order valence-electron chi connectivity index (χ0n) is 10.7. The van der Waals surface area contributed by atoms with Gasteiger partial charge in [-0.2, -0.15) is 0 Å². The summed E-state index contributed by atoms with van der Waals surface area (Å²) in [6, 6.07) is 0. The molecule has 1 spiro atoms.